The second-order valence-corrected chi connectivity index (χ2v) is 9.98. The highest BCUT2D eigenvalue weighted by molar-refractivity contribution is 7.90. The van der Waals surface area contributed by atoms with Crippen molar-refractivity contribution in [2.75, 3.05) is 19.3 Å². The van der Waals surface area contributed by atoms with Crippen molar-refractivity contribution in [2.24, 2.45) is 4.99 Å². The van der Waals surface area contributed by atoms with Gasteiger partial charge in [0.05, 0.1) is 22.1 Å². The quantitative estimate of drug-likeness (QED) is 0.505. The Morgan fingerprint density at radius 3 is 2.54 bits per heavy atom. The Morgan fingerprint density at radius 1 is 1.21 bits per heavy atom. The average molecular weight is 423 g/mol. The predicted octanol–water partition coefficient (Wildman–Crippen LogP) is 3.02. The van der Waals surface area contributed by atoms with Gasteiger partial charge in [-0.1, -0.05) is 19.1 Å². The minimum Gasteiger partial charge on any atom is -0.357 e. The smallest absolute Gasteiger partial charge is 0.191 e. The summed E-state index contributed by atoms with van der Waals surface area (Å²) in [6.45, 7) is 10.1. The zero-order valence-electron chi connectivity index (χ0n) is 17.3. The third-order valence-electron chi connectivity index (χ3n) is 4.31. The van der Waals surface area contributed by atoms with Gasteiger partial charge in [0.25, 0.3) is 0 Å². The zero-order chi connectivity index (χ0) is 20.7. The lowest BCUT2D eigenvalue weighted by Crippen LogP contribution is -2.38. The molecule has 0 fully saturated rings. The third-order valence-corrected chi connectivity index (χ3v) is 6.64. The monoisotopic (exact) mass is 422 g/mol. The molecule has 0 amide bonds. The van der Waals surface area contributed by atoms with Crippen molar-refractivity contribution in [1.82, 2.24) is 15.6 Å². The van der Waals surface area contributed by atoms with Gasteiger partial charge in [-0.05, 0) is 44.4 Å². The van der Waals surface area contributed by atoms with E-state index in [1.165, 1.54) is 16.8 Å². The van der Waals surface area contributed by atoms with E-state index in [0.717, 1.165) is 48.0 Å². The first-order valence-electron chi connectivity index (χ1n) is 9.51. The second-order valence-electron chi connectivity index (χ2n) is 6.71. The van der Waals surface area contributed by atoms with Crippen LogP contribution in [0.4, 0.5) is 0 Å². The van der Waals surface area contributed by atoms with Crippen molar-refractivity contribution in [3.63, 3.8) is 0 Å². The Hall–Kier alpha value is -1.93. The molecule has 154 valence electrons. The van der Waals surface area contributed by atoms with E-state index < -0.39 is 9.84 Å². The lowest BCUT2D eigenvalue weighted by molar-refractivity contribution is 0.601. The number of hydrogen-bond donors (Lipinski definition) is 2. The third kappa shape index (κ3) is 6.31. The number of benzene rings is 1. The Balaban J connectivity index is 1.98. The molecular weight excluding hydrogens is 392 g/mol. The first-order valence-corrected chi connectivity index (χ1v) is 12.2. The van der Waals surface area contributed by atoms with Crippen molar-refractivity contribution in [1.29, 1.82) is 0 Å². The lowest BCUT2D eigenvalue weighted by atomic mass is 10.1. The SMILES string of the molecule is CCNC(=NCc1ccc(S(C)(=O)=O)c(C)c1)NCCc1nc(CC)c(C)s1. The summed E-state index contributed by atoms with van der Waals surface area (Å²) in [5.74, 6) is 0.747. The fourth-order valence-electron chi connectivity index (χ4n) is 2.95. The van der Waals surface area contributed by atoms with Crippen molar-refractivity contribution < 1.29 is 8.42 Å². The van der Waals surface area contributed by atoms with Crippen LogP contribution >= 0.6 is 11.3 Å². The highest BCUT2D eigenvalue weighted by Gasteiger charge is 2.11. The summed E-state index contributed by atoms with van der Waals surface area (Å²) in [6.07, 6.45) is 3.06. The van der Waals surface area contributed by atoms with E-state index in [2.05, 4.69) is 34.5 Å². The van der Waals surface area contributed by atoms with Crippen LogP contribution in [0.25, 0.3) is 0 Å². The van der Waals surface area contributed by atoms with Crippen LogP contribution in [0.2, 0.25) is 0 Å². The molecule has 1 heterocycles. The van der Waals surface area contributed by atoms with Crippen LogP contribution < -0.4 is 10.6 Å². The van der Waals surface area contributed by atoms with Crippen LogP contribution in [-0.2, 0) is 29.2 Å². The normalized spacial score (nSPS) is 12.2. The molecule has 2 N–H and O–H groups in total. The molecule has 0 spiro atoms. The van der Waals surface area contributed by atoms with Crippen molar-refractivity contribution >= 4 is 27.1 Å². The predicted molar refractivity (Wildman–Crippen MR) is 117 cm³/mol. The largest absolute Gasteiger partial charge is 0.357 e. The molecule has 0 bridgehead atoms. The average Bonchev–Trinajstić information content (AvgIpc) is 2.98. The first-order chi connectivity index (χ1) is 13.2. The molecule has 1 aromatic heterocycles. The van der Waals surface area contributed by atoms with Gasteiger partial charge in [0.2, 0.25) is 0 Å². The Morgan fingerprint density at radius 2 is 1.96 bits per heavy atom. The molecule has 28 heavy (non-hydrogen) atoms. The van der Waals surface area contributed by atoms with E-state index in [0.29, 0.717) is 11.4 Å². The molecule has 8 heteroatoms. The fraction of sp³-hybridized carbons (Fsp3) is 0.500. The van der Waals surface area contributed by atoms with Gasteiger partial charge in [-0.25, -0.2) is 18.4 Å². The minimum absolute atomic E-state index is 0.371. The maximum absolute atomic E-state index is 11.7. The van der Waals surface area contributed by atoms with E-state index >= 15 is 0 Å². The summed E-state index contributed by atoms with van der Waals surface area (Å²) in [5, 5.41) is 7.73. The van der Waals surface area contributed by atoms with Crippen LogP contribution in [0.5, 0.6) is 0 Å². The number of aromatic nitrogens is 1. The number of nitrogens with one attached hydrogen (secondary N) is 2. The molecule has 0 atom stereocenters. The van der Waals surface area contributed by atoms with Gasteiger partial charge in [-0.2, -0.15) is 0 Å². The molecule has 0 aliphatic rings. The molecule has 0 saturated carbocycles. The molecule has 2 aromatic rings. The molecule has 2 rings (SSSR count). The number of aliphatic imine (C=N–C) groups is 1. The van der Waals surface area contributed by atoms with Gasteiger partial charge in [-0.15, -0.1) is 11.3 Å². The van der Waals surface area contributed by atoms with Crippen molar-refractivity contribution in [3.8, 4) is 0 Å². The summed E-state index contributed by atoms with van der Waals surface area (Å²) < 4.78 is 23.5. The van der Waals surface area contributed by atoms with E-state index in [-0.39, 0.29) is 0 Å². The standard InChI is InChI=1S/C20H30N4O2S2/c1-6-17-15(4)27-19(24-17)10-11-22-20(21-7-2)23-13-16-8-9-18(14(3)12-16)28(5,25)26/h8-9,12H,6-7,10-11,13H2,1-5H3,(H2,21,22,23). The number of thiazole rings is 1. The highest BCUT2D eigenvalue weighted by Crippen LogP contribution is 2.18. The number of nitrogens with zero attached hydrogens (tertiary/aromatic N) is 2. The summed E-state index contributed by atoms with van der Waals surface area (Å²) in [5.41, 5.74) is 2.91. The van der Waals surface area contributed by atoms with Gasteiger partial charge in [-0.3, -0.25) is 0 Å². The Kier molecular flexibility index (Phi) is 8.00. The summed E-state index contributed by atoms with van der Waals surface area (Å²) in [7, 11) is -3.20. The summed E-state index contributed by atoms with van der Waals surface area (Å²) in [4.78, 5) is 11.0. The van der Waals surface area contributed by atoms with Crippen LogP contribution in [-0.4, -0.2) is 38.7 Å². The number of hydrogen-bond acceptors (Lipinski definition) is 5. The molecule has 0 radical (unpaired) electrons. The number of guanidine groups is 1. The Bertz CT molecular complexity index is 934. The maximum atomic E-state index is 11.7. The topological polar surface area (TPSA) is 83.5 Å². The van der Waals surface area contributed by atoms with Crippen LogP contribution in [0.3, 0.4) is 0 Å². The van der Waals surface area contributed by atoms with Gasteiger partial charge in [0.1, 0.15) is 0 Å². The molecule has 0 aliphatic carbocycles. The summed E-state index contributed by atoms with van der Waals surface area (Å²) >= 11 is 1.76. The minimum atomic E-state index is -3.20. The van der Waals surface area contributed by atoms with E-state index in [4.69, 9.17) is 0 Å². The maximum Gasteiger partial charge on any atom is 0.191 e. The highest BCUT2D eigenvalue weighted by atomic mass is 32.2. The van der Waals surface area contributed by atoms with Crippen molar-refractivity contribution in [3.05, 3.63) is 44.9 Å². The van der Waals surface area contributed by atoms with Gasteiger partial charge < -0.3 is 10.6 Å². The lowest BCUT2D eigenvalue weighted by Gasteiger charge is -2.11. The molecule has 0 unspecified atom stereocenters. The second kappa shape index (κ2) is 10.0. The van der Waals surface area contributed by atoms with E-state index in [1.54, 1.807) is 17.4 Å². The molecule has 6 nitrogen and oxygen atoms in total. The van der Waals surface area contributed by atoms with Gasteiger partial charge >= 0.3 is 0 Å². The molecular formula is C20H30N4O2S2. The number of aryl methyl sites for hydroxylation is 3. The Labute approximate surface area is 172 Å². The van der Waals surface area contributed by atoms with Crippen LogP contribution in [0, 0.1) is 13.8 Å². The van der Waals surface area contributed by atoms with Gasteiger partial charge in [0, 0.05) is 30.6 Å². The molecule has 0 aliphatic heterocycles. The van der Waals surface area contributed by atoms with Crippen LogP contribution in [0.15, 0.2) is 28.1 Å². The molecule has 0 saturated heterocycles. The summed E-state index contributed by atoms with van der Waals surface area (Å²) in [6, 6.07) is 5.36. The van der Waals surface area contributed by atoms with Gasteiger partial charge in [0.15, 0.2) is 15.8 Å². The van der Waals surface area contributed by atoms with E-state index in [1.807, 2.05) is 26.0 Å². The fourth-order valence-corrected chi connectivity index (χ4v) is 4.93. The molecule has 1 aromatic carbocycles. The van der Waals surface area contributed by atoms with Crippen molar-refractivity contribution in [2.45, 2.75) is 52.0 Å². The zero-order valence-corrected chi connectivity index (χ0v) is 18.9. The number of sulfone groups is 1. The first kappa shape index (κ1) is 22.4. The van der Waals surface area contributed by atoms with E-state index in [9.17, 15) is 8.42 Å². The number of rotatable bonds is 8. The van der Waals surface area contributed by atoms with Crippen LogP contribution in [0.1, 0.15) is 40.6 Å².